The van der Waals surface area contributed by atoms with Gasteiger partial charge in [-0.25, -0.2) is 26.7 Å². The maximum absolute atomic E-state index is 14.1. The maximum Gasteiger partial charge on any atom is 0.511 e. The molecule has 10 nitrogen and oxygen atoms in total. The highest BCUT2D eigenvalue weighted by Crippen LogP contribution is 2.39. The smallest absolute Gasteiger partial charge is 0.383 e. The van der Waals surface area contributed by atoms with E-state index in [1.807, 2.05) is 4.90 Å². The Morgan fingerprint density at radius 3 is 2.39 bits per heavy atom. The third kappa shape index (κ3) is 7.15. The molecule has 3 aromatic rings. The van der Waals surface area contributed by atoms with Gasteiger partial charge in [0.15, 0.2) is 17.5 Å². The van der Waals surface area contributed by atoms with Gasteiger partial charge in [0.05, 0.1) is 24.0 Å². The molecule has 3 heterocycles. The fraction of sp³-hybridized carbons (Fsp3) is 0.448. The van der Waals surface area contributed by atoms with Gasteiger partial charge in [0.1, 0.15) is 5.02 Å². The number of para-hydroxylation sites is 1. The number of hydrogen-bond donors (Lipinski definition) is 2. The summed E-state index contributed by atoms with van der Waals surface area (Å²) in [7, 11) is -3.90. The van der Waals surface area contributed by atoms with Gasteiger partial charge >= 0.3 is 21.6 Å². The Balaban J connectivity index is 1.38. The Bertz CT molecular complexity index is 1650. The number of urea groups is 1. The third-order valence-electron chi connectivity index (χ3n) is 8.25. The van der Waals surface area contributed by atoms with E-state index in [2.05, 4.69) is 15.7 Å². The average Bonchev–Trinajstić information content (AvgIpc) is 3.57. The van der Waals surface area contributed by atoms with E-state index in [1.165, 1.54) is 10.7 Å². The number of aromatic nitrogens is 2. The van der Waals surface area contributed by atoms with Gasteiger partial charge in [-0.1, -0.05) is 35.9 Å². The second kappa shape index (κ2) is 13.8. The van der Waals surface area contributed by atoms with Crippen LogP contribution in [0.3, 0.4) is 0 Å². The number of likely N-dealkylation sites (tertiary alicyclic amines) is 1. The number of rotatable bonds is 9. The number of alkyl halides is 3. The number of nitrogens with zero attached hydrogens (tertiary/aromatic N) is 4. The number of ether oxygens (including phenoxy) is 1. The summed E-state index contributed by atoms with van der Waals surface area (Å²) in [5, 5.41) is 10.3. The molecule has 1 aromatic heterocycles. The lowest BCUT2D eigenvalue weighted by Crippen LogP contribution is -2.44. The van der Waals surface area contributed by atoms with Crippen molar-refractivity contribution in [2.75, 3.05) is 51.8 Å². The highest BCUT2D eigenvalue weighted by atomic mass is 35.5. The van der Waals surface area contributed by atoms with Crippen LogP contribution in [0.1, 0.15) is 35.9 Å². The first kappa shape index (κ1) is 34.0. The molecule has 2 atom stereocenters. The molecule has 0 bridgehead atoms. The Morgan fingerprint density at radius 1 is 1.07 bits per heavy atom. The largest absolute Gasteiger partial charge is 0.511 e. The van der Waals surface area contributed by atoms with Crippen molar-refractivity contribution in [2.45, 2.75) is 36.2 Å². The predicted molar refractivity (Wildman–Crippen MR) is 160 cm³/mol. The molecule has 2 aliphatic heterocycles. The molecule has 17 heteroatoms. The summed E-state index contributed by atoms with van der Waals surface area (Å²) in [4.78, 5) is 15.5. The summed E-state index contributed by atoms with van der Waals surface area (Å²) in [5.74, 6) is -2.73. The minimum Gasteiger partial charge on any atom is -0.383 e. The van der Waals surface area contributed by atoms with Gasteiger partial charge in [0, 0.05) is 51.7 Å². The Kier molecular flexibility index (Phi) is 10.2. The Morgan fingerprint density at radius 2 is 1.76 bits per heavy atom. The van der Waals surface area contributed by atoms with Crippen molar-refractivity contribution in [3.8, 4) is 5.69 Å². The van der Waals surface area contributed by atoms with E-state index in [1.54, 1.807) is 37.4 Å². The fourth-order valence-corrected chi connectivity index (χ4v) is 7.19. The molecular weight excluding hydrogens is 659 g/mol. The Labute approximate surface area is 267 Å². The summed E-state index contributed by atoms with van der Waals surface area (Å²) in [5.41, 5.74) is -4.05. The van der Waals surface area contributed by atoms with Crippen LogP contribution in [0.25, 0.3) is 5.69 Å². The number of anilines is 1. The van der Waals surface area contributed by atoms with Crippen molar-refractivity contribution in [1.82, 2.24) is 24.3 Å². The van der Waals surface area contributed by atoms with Gasteiger partial charge in [-0.05, 0) is 42.7 Å². The number of halogens is 6. The van der Waals surface area contributed by atoms with Crippen LogP contribution in [0.2, 0.25) is 5.02 Å². The normalized spacial score (nSPS) is 20.2. The van der Waals surface area contributed by atoms with Crippen LogP contribution in [0, 0.1) is 11.6 Å². The summed E-state index contributed by atoms with van der Waals surface area (Å²) in [6.45, 7) is 1.08. The van der Waals surface area contributed by atoms with Crippen molar-refractivity contribution in [3.05, 3.63) is 76.4 Å². The number of hydrogen-bond acceptors (Lipinski definition) is 6. The predicted octanol–water partition coefficient (Wildman–Crippen LogP) is 5.07. The summed E-state index contributed by atoms with van der Waals surface area (Å²) in [6, 6.07) is 11.2. The average molecular weight is 691 g/mol. The van der Waals surface area contributed by atoms with Crippen molar-refractivity contribution in [1.29, 1.82) is 0 Å². The topological polar surface area (TPSA) is 109 Å². The lowest BCUT2D eigenvalue weighted by Gasteiger charge is -2.30. The first-order chi connectivity index (χ1) is 21.8. The molecule has 2 aliphatic rings. The molecule has 250 valence electrons. The van der Waals surface area contributed by atoms with Crippen LogP contribution >= 0.6 is 11.6 Å². The highest BCUT2D eigenvalue weighted by molar-refractivity contribution is 7.90. The number of piperidine rings is 1. The quantitative estimate of drug-likeness (QED) is 0.304. The van der Waals surface area contributed by atoms with E-state index in [9.17, 15) is 35.2 Å². The molecule has 2 N–H and O–H groups in total. The van der Waals surface area contributed by atoms with Gasteiger partial charge in [-0.2, -0.15) is 22.6 Å². The molecule has 0 spiro atoms. The summed E-state index contributed by atoms with van der Waals surface area (Å²) < 4.78 is 97.9. The molecule has 2 amide bonds. The van der Waals surface area contributed by atoms with Crippen molar-refractivity contribution < 1.29 is 39.9 Å². The molecule has 2 aromatic carbocycles. The van der Waals surface area contributed by atoms with Gasteiger partial charge in [0.25, 0.3) is 0 Å². The van der Waals surface area contributed by atoms with Crippen LogP contribution < -0.4 is 10.6 Å². The minimum atomic E-state index is -5.47. The number of benzene rings is 2. The molecule has 5 rings (SSSR count). The lowest BCUT2D eigenvalue weighted by molar-refractivity contribution is -0.0494. The number of sulfonamides is 1. The number of amides is 2. The first-order valence-electron chi connectivity index (χ1n) is 14.4. The monoisotopic (exact) mass is 690 g/mol. The van der Waals surface area contributed by atoms with E-state index < -0.39 is 45.2 Å². The molecule has 2 fully saturated rings. The van der Waals surface area contributed by atoms with Crippen LogP contribution in [0.15, 0.2) is 48.5 Å². The lowest BCUT2D eigenvalue weighted by atomic mass is 9.94. The van der Waals surface area contributed by atoms with E-state index in [-0.39, 0.29) is 42.7 Å². The molecule has 2 saturated heterocycles. The summed E-state index contributed by atoms with van der Waals surface area (Å²) >= 11 is 6.77. The molecule has 0 saturated carbocycles. The zero-order valence-electron chi connectivity index (χ0n) is 24.6. The fourth-order valence-electron chi connectivity index (χ4n) is 5.88. The second-order valence-electron chi connectivity index (χ2n) is 11.2. The third-order valence-corrected chi connectivity index (χ3v) is 10.3. The van der Waals surface area contributed by atoms with Crippen LogP contribution in [-0.2, 0) is 14.8 Å². The van der Waals surface area contributed by atoms with Crippen LogP contribution in [0.4, 0.5) is 32.6 Å². The highest BCUT2D eigenvalue weighted by Gasteiger charge is 2.50. The van der Waals surface area contributed by atoms with Gasteiger partial charge < -0.3 is 10.1 Å². The van der Waals surface area contributed by atoms with Gasteiger partial charge in [-0.3, -0.25) is 10.2 Å². The standard InChI is InChI=1S/C29H32ClF5N6O4S/c1-45-14-13-39-16-21(19-7-8-22(31)23(32)15-19)24(17-39)36-28(42)37-27-25(30)26(38-41(27)20-5-3-2-4-6-20)18-9-11-40(12-10-18)46(43,44)29(33,34)35/h2-8,15,18,21,24H,9-14,16-17H2,1H3,(H2,36,37,42). The molecular formula is C29H32ClF5N6O4S. The molecule has 0 radical (unpaired) electrons. The summed E-state index contributed by atoms with van der Waals surface area (Å²) in [6.07, 6.45) is 0.0591. The SMILES string of the molecule is COCCN1CC(NC(=O)Nc2c(Cl)c(C3CCN(S(=O)(=O)C(F)(F)F)CC3)nn2-c2ccccc2)C(c2ccc(F)c(F)c2)C1. The Hall–Kier alpha value is -3.31. The van der Waals surface area contributed by atoms with Gasteiger partial charge in [-0.15, -0.1) is 0 Å². The number of methoxy groups -OCH3 is 1. The molecule has 0 aliphatic carbocycles. The molecule has 2 unspecified atom stereocenters. The number of carbonyl (C=O) groups excluding carboxylic acids is 1. The van der Waals surface area contributed by atoms with Crippen molar-refractivity contribution >= 4 is 33.5 Å². The first-order valence-corrected chi connectivity index (χ1v) is 16.3. The van der Waals surface area contributed by atoms with Crippen LogP contribution in [-0.4, -0.2) is 91.4 Å². The van der Waals surface area contributed by atoms with E-state index >= 15 is 0 Å². The van der Waals surface area contributed by atoms with Crippen molar-refractivity contribution in [3.63, 3.8) is 0 Å². The van der Waals surface area contributed by atoms with E-state index in [0.717, 1.165) is 12.1 Å². The van der Waals surface area contributed by atoms with Gasteiger partial charge in [0.2, 0.25) is 0 Å². The zero-order chi connectivity index (χ0) is 33.2. The van der Waals surface area contributed by atoms with E-state index in [4.69, 9.17) is 16.3 Å². The van der Waals surface area contributed by atoms with Crippen molar-refractivity contribution in [2.24, 2.45) is 0 Å². The minimum absolute atomic E-state index is 0.0295. The van der Waals surface area contributed by atoms with Crippen LogP contribution in [0.5, 0.6) is 0 Å². The van der Waals surface area contributed by atoms with E-state index in [0.29, 0.717) is 47.5 Å². The molecule has 46 heavy (non-hydrogen) atoms. The number of nitrogens with one attached hydrogen (secondary N) is 2. The maximum atomic E-state index is 14.1. The number of carbonyl (C=O) groups is 1. The second-order valence-corrected chi connectivity index (χ2v) is 13.5. The zero-order valence-corrected chi connectivity index (χ0v) is 26.2.